The van der Waals surface area contributed by atoms with Gasteiger partial charge in [-0.2, -0.15) is 0 Å². The number of hydrogen-bond acceptors (Lipinski definition) is 2. The van der Waals surface area contributed by atoms with Gasteiger partial charge in [0.25, 0.3) is 0 Å². The number of phenolic OH excluding ortho intramolecular Hbond substituents is 1. The molecule has 64 valence electrons. The summed E-state index contributed by atoms with van der Waals surface area (Å²) < 4.78 is 0. The van der Waals surface area contributed by atoms with Gasteiger partial charge in [-0.15, -0.1) is 0 Å². The van der Waals surface area contributed by atoms with E-state index < -0.39 is 0 Å². The number of rotatable bonds is 3. The molecule has 1 rings (SSSR count). The summed E-state index contributed by atoms with van der Waals surface area (Å²) in [4.78, 5) is 10.0. The Hall–Kier alpha value is -1.02. The van der Waals surface area contributed by atoms with E-state index in [1.54, 1.807) is 18.2 Å². The van der Waals surface area contributed by atoms with Crippen LogP contribution in [0.4, 0.5) is 0 Å². The molecule has 12 heavy (non-hydrogen) atoms. The summed E-state index contributed by atoms with van der Waals surface area (Å²) >= 11 is 5.60. The van der Waals surface area contributed by atoms with Crippen LogP contribution in [0.25, 0.3) is 0 Å². The van der Waals surface area contributed by atoms with E-state index in [1.807, 2.05) is 0 Å². The molecule has 0 aliphatic carbocycles. The quantitative estimate of drug-likeness (QED) is 0.732. The lowest BCUT2D eigenvalue weighted by Crippen LogP contribution is -1.85. The van der Waals surface area contributed by atoms with Crippen molar-refractivity contribution < 1.29 is 9.90 Å². The summed E-state index contributed by atoms with van der Waals surface area (Å²) in [6.45, 7) is 0. The largest absolute Gasteiger partial charge is 0.506 e. The molecule has 0 saturated carbocycles. The van der Waals surface area contributed by atoms with Crippen LogP contribution >= 0.6 is 11.6 Å². The molecule has 3 heteroatoms. The van der Waals surface area contributed by atoms with Crippen LogP contribution in [0.5, 0.6) is 5.75 Å². The number of carbonyl (C=O) groups is 1. The highest BCUT2D eigenvalue weighted by atomic mass is 35.5. The summed E-state index contributed by atoms with van der Waals surface area (Å²) in [5.41, 5.74) is 0.920. The predicted molar refractivity (Wildman–Crippen MR) is 47.5 cm³/mol. The second kappa shape index (κ2) is 4.12. The Morgan fingerprint density at radius 1 is 1.50 bits per heavy atom. The van der Waals surface area contributed by atoms with Crippen LogP contribution < -0.4 is 0 Å². The van der Waals surface area contributed by atoms with Crippen molar-refractivity contribution in [2.75, 3.05) is 0 Å². The van der Waals surface area contributed by atoms with Crippen molar-refractivity contribution in [3.8, 4) is 5.75 Å². The molecule has 0 unspecified atom stereocenters. The van der Waals surface area contributed by atoms with E-state index in [2.05, 4.69) is 0 Å². The van der Waals surface area contributed by atoms with Crippen LogP contribution in [0.15, 0.2) is 18.2 Å². The average Bonchev–Trinajstić information content (AvgIpc) is 2.07. The molecule has 0 bridgehead atoms. The smallest absolute Gasteiger partial charge is 0.134 e. The van der Waals surface area contributed by atoms with Gasteiger partial charge in [0.1, 0.15) is 12.0 Å². The van der Waals surface area contributed by atoms with Crippen LogP contribution in [0.1, 0.15) is 12.0 Å². The Bertz CT molecular complexity index is 284. The number of benzene rings is 1. The standard InChI is InChI=1S/C9H9ClO2/c10-8-4-3-7(2-1-5-11)6-9(8)12/h3-6,12H,1-2H2. The highest BCUT2D eigenvalue weighted by Gasteiger charge is 1.98. The number of aryl methyl sites for hydroxylation is 1. The van der Waals surface area contributed by atoms with Crippen LogP contribution in [-0.4, -0.2) is 11.4 Å². The van der Waals surface area contributed by atoms with Crippen molar-refractivity contribution in [3.05, 3.63) is 28.8 Å². The van der Waals surface area contributed by atoms with Crippen LogP contribution in [-0.2, 0) is 11.2 Å². The molecule has 0 spiro atoms. The predicted octanol–water partition coefficient (Wildman–Crippen LogP) is 2.18. The number of aromatic hydroxyl groups is 1. The number of carbonyl (C=O) groups excluding carboxylic acids is 1. The minimum Gasteiger partial charge on any atom is -0.506 e. The minimum absolute atomic E-state index is 0.0695. The van der Waals surface area contributed by atoms with Crippen molar-refractivity contribution in [2.45, 2.75) is 12.8 Å². The fraction of sp³-hybridized carbons (Fsp3) is 0.222. The molecule has 2 nitrogen and oxygen atoms in total. The maximum absolute atomic E-state index is 10.0. The molecule has 0 amide bonds. The monoisotopic (exact) mass is 184 g/mol. The fourth-order valence-corrected chi connectivity index (χ4v) is 1.06. The summed E-state index contributed by atoms with van der Waals surface area (Å²) in [5.74, 6) is 0.0695. The maximum Gasteiger partial charge on any atom is 0.134 e. The van der Waals surface area contributed by atoms with Gasteiger partial charge in [-0.05, 0) is 24.1 Å². The molecule has 0 heterocycles. The van der Waals surface area contributed by atoms with E-state index in [-0.39, 0.29) is 5.75 Å². The van der Waals surface area contributed by atoms with Gasteiger partial charge in [-0.1, -0.05) is 17.7 Å². The summed E-state index contributed by atoms with van der Waals surface area (Å²) in [5, 5.41) is 9.52. The highest BCUT2D eigenvalue weighted by Crippen LogP contribution is 2.23. The number of aldehydes is 1. The topological polar surface area (TPSA) is 37.3 Å². The van der Waals surface area contributed by atoms with Gasteiger partial charge in [0, 0.05) is 6.42 Å². The fourth-order valence-electron chi connectivity index (χ4n) is 0.939. The van der Waals surface area contributed by atoms with Gasteiger partial charge in [0.2, 0.25) is 0 Å². The van der Waals surface area contributed by atoms with Crippen LogP contribution in [0.3, 0.4) is 0 Å². The van der Waals surface area contributed by atoms with E-state index >= 15 is 0 Å². The van der Waals surface area contributed by atoms with Crippen molar-refractivity contribution in [3.63, 3.8) is 0 Å². The lowest BCUT2D eigenvalue weighted by molar-refractivity contribution is -0.107. The lowest BCUT2D eigenvalue weighted by Gasteiger charge is -1.99. The van der Waals surface area contributed by atoms with E-state index in [0.29, 0.717) is 17.9 Å². The second-order valence-electron chi connectivity index (χ2n) is 2.49. The molecular weight excluding hydrogens is 176 g/mol. The second-order valence-corrected chi connectivity index (χ2v) is 2.90. The maximum atomic E-state index is 10.0. The molecule has 1 aromatic rings. The normalized spacial score (nSPS) is 9.75. The first kappa shape index (κ1) is 9.07. The Kier molecular flexibility index (Phi) is 3.11. The van der Waals surface area contributed by atoms with Crippen LogP contribution in [0, 0.1) is 0 Å². The van der Waals surface area contributed by atoms with E-state index in [4.69, 9.17) is 11.6 Å². The first-order chi connectivity index (χ1) is 5.74. The molecule has 0 aliphatic heterocycles. The Balaban J connectivity index is 2.75. The zero-order valence-electron chi connectivity index (χ0n) is 6.46. The molecule has 1 N–H and O–H groups in total. The third kappa shape index (κ3) is 2.24. The number of phenols is 1. The Labute approximate surface area is 75.8 Å². The number of halogens is 1. The van der Waals surface area contributed by atoms with Crippen molar-refractivity contribution in [2.24, 2.45) is 0 Å². The molecule has 0 saturated heterocycles. The van der Waals surface area contributed by atoms with Gasteiger partial charge in [0.15, 0.2) is 0 Å². The van der Waals surface area contributed by atoms with Gasteiger partial charge in [-0.25, -0.2) is 0 Å². The Morgan fingerprint density at radius 3 is 2.83 bits per heavy atom. The summed E-state index contributed by atoms with van der Waals surface area (Å²) in [6.07, 6.45) is 1.97. The SMILES string of the molecule is O=CCCc1ccc(Cl)c(O)c1. The molecular formula is C9H9ClO2. The first-order valence-electron chi connectivity index (χ1n) is 3.65. The molecule has 0 aliphatic rings. The van der Waals surface area contributed by atoms with Gasteiger partial charge in [-0.3, -0.25) is 0 Å². The third-order valence-corrected chi connectivity index (χ3v) is 1.88. The van der Waals surface area contributed by atoms with Gasteiger partial charge < -0.3 is 9.90 Å². The average molecular weight is 185 g/mol. The molecule has 0 radical (unpaired) electrons. The van der Waals surface area contributed by atoms with E-state index in [1.165, 1.54) is 0 Å². The molecule has 0 aromatic heterocycles. The Morgan fingerprint density at radius 2 is 2.25 bits per heavy atom. The molecule has 0 fully saturated rings. The highest BCUT2D eigenvalue weighted by molar-refractivity contribution is 6.31. The van der Waals surface area contributed by atoms with Crippen LogP contribution in [0.2, 0.25) is 5.02 Å². The minimum atomic E-state index is 0.0695. The summed E-state index contributed by atoms with van der Waals surface area (Å²) in [6, 6.07) is 4.99. The molecule has 0 atom stereocenters. The van der Waals surface area contributed by atoms with Gasteiger partial charge >= 0.3 is 0 Å². The van der Waals surface area contributed by atoms with E-state index in [0.717, 1.165) is 11.8 Å². The first-order valence-corrected chi connectivity index (χ1v) is 4.03. The van der Waals surface area contributed by atoms with Gasteiger partial charge in [0.05, 0.1) is 5.02 Å². The number of hydrogen-bond donors (Lipinski definition) is 1. The molecule has 1 aromatic carbocycles. The van der Waals surface area contributed by atoms with Crippen molar-refractivity contribution in [1.82, 2.24) is 0 Å². The van der Waals surface area contributed by atoms with Crippen molar-refractivity contribution >= 4 is 17.9 Å². The third-order valence-electron chi connectivity index (χ3n) is 1.56. The zero-order chi connectivity index (χ0) is 8.97. The van der Waals surface area contributed by atoms with Crippen molar-refractivity contribution in [1.29, 1.82) is 0 Å². The van der Waals surface area contributed by atoms with E-state index in [9.17, 15) is 9.90 Å². The lowest BCUT2D eigenvalue weighted by atomic mass is 10.1. The zero-order valence-corrected chi connectivity index (χ0v) is 7.21. The summed E-state index contributed by atoms with van der Waals surface area (Å²) in [7, 11) is 0.